The lowest BCUT2D eigenvalue weighted by Crippen LogP contribution is -2.13. The summed E-state index contributed by atoms with van der Waals surface area (Å²) in [5.74, 6) is -0.668. The van der Waals surface area contributed by atoms with Crippen LogP contribution in [0.5, 0.6) is 0 Å². The Balaban J connectivity index is 3.35. The fourth-order valence-corrected chi connectivity index (χ4v) is 1.16. The molecule has 1 rings (SSSR count). The molecule has 0 radical (unpaired) electrons. The number of rotatable bonds is 1. The van der Waals surface area contributed by atoms with Crippen LogP contribution in [0.3, 0.4) is 0 Å². The summed E-state index contributed by atoms with van der Waals surface area (Å²) in [6, 6.07) is 1.61. The van der Waals surface area contributed by atoms with Crippen LogP contribution in [0, 0.1) is 12.7 Å². The number of nitrogens with two attached hydrogens (primary N) is 1. The van der Waals surface area contributed by atoms with Crippen molar-refractivity contribution in [2.45, 2.75) is 19.6 Å². The summed E-state index contributed by atoms with van der Waals surface area (Å²) in [5.41, 5.74) is 3.98. The van der Waals surface area contributed by atoms with E-state index in [0.29, 0.717) is 0 Å². The van der Waals surface area contributed by atoms with Gasteiger partial charge < -0.3 is 5.73 Å². The Labute approximate surface area is 78.5 Å². The monoisotopic (exact) mass is 207 g/mol. The number of halogens is 4. The topological polar surface area (TPSA) is 26.0 Å². The molecule has 5 heteroatoms. The van der Waals surface area contributed by atoms with E-state index in [1.54, 1.807) is 0 Å². The van der Waals surface area contributed by atoms with Crippen molar-refractivity contribution in [1.29, 1.82) is 0 Å². The molecule has 0 aliphatic carbocycles. The van der Waals surface area contributed by atoms with Crippen molar-refractivity contribution in [2.24, 2.45) is 5.73 Å². The Morgan fingerprint density at radius 2 is 1.86 bits per heavy atom. The highest BCUT2D eigenvalue weighted by Gasteiger charge is 2.33. The highest BCUT2D eigenvalue weighted by molar-refractivity contribution is 5.34. The molecule has 0 aliphatic rings. The molecule has 0 saturated heterocycles. The zero-order valence-corrected chi connectivity index (χ0v) is 7.45. The van der Waals surface area contributed by atoms with Crippen LogP contribution >= 0.6 is 0 Å². The van der Waals surface area contributed by atoms with Crippen molar-refractivity contribution in [1.82, 2.24) is 0 Å². The minimum Gasteiger partial charge on any atom is -0.326 e. The third kappa shape index (κ3) is 2.04. The first-order valence-corrected chi connectivity index (χ1v) is 3.92. The first kappa shape index (κ1) is 11.0. The summed E-state index contributed by atoms with van der Waals surface area (Å²) in [6.45, 7) is 0.955. The Morgan fingerprint density at radius 1 is 1.29 bits per heavy atom. The van der Waals surface area contributed by atoms with Gasteiger partial charge in [0, 0.05) is 6.54 Å². The fraction of sp³-hybridized carbons (Fsp3) is 0.333. The van der Waals surface area contributed by atoms with Crippen molar-refractivity contribution >= 4 is 0 Å². The highest BCUT2D eigenvalue weighted by atomic mass is 19.4. The molecule has 14 heavy (non-hydrogen) atoms. The number of hydrogen-bond acceptors (Lipinski definition) is 1. The second kappa shape index (κ2) is 3.57. The summed E-state index contributed by atoms with van der Waals surface area (Å²) >= 11 is 0. The van der Waals surface area contributed by atoms with Gasteiger partial charge in [-0.05, 0) is 30.2 Å². The van der Waals surface area contributed by atoms with Crippen LogP contribution < -0.4 is 5.73 Å². The Morgan fingerprint density at radius 3 is 2.29 bits per heavy atom. The van der Waals surface area contributed by atoms with Crippen molar-refractivity contribution in [2.75, 3.05) is 0 Å². The maximum Gasteiger partial charge on any atom is 0.416 e. The van der Waals surface area contributed by atoms with Crippen molar-refractivity contribution in [3.05, 3.63) is 34.6 Å². The summed E-state index contributed by atoms with van der Waals surface area (Å²) in [7, 11) is 0. The van der Waals surface area contributed by atoms with Crippen molar-refractivity contribution in [3.63, 3.8) is 0 Å². The van der Waals surface area contributed by atoms with Crippen molar-refractivity contribution in [3.8, 4) is 0 Å². The zero-order valence-electron chi connectivity index (χ0n) is 7.45. The molecule has 0 saturated carbocycles. The van der Waals surface area contributed by atoms with Gasteiger partial charge in [0.15, 0.2) is 0 Å². The average molecular weight is 207 g/mol. The van der Waals surface area contributed by atoms with Gasteiger partial charge in [-0.3, -0.25) is 0 Å². The smallest absolute Gasteiger partial charge is 0.326 e. The van der Waals surface area contributed by atoms with E-state index in [-0.39, 0.29) is 17.7 Å². The highest BCUT2D eigenvalue weighted by Crippen LogP contribution is 2.33. The quantitative estimate of drug-likeness (QED) is 0.704. The lowest BCUT2D eigenvalue weighted by molar-refractivity contribution is -0.138. The molecular weight excluding hydrogens is 198 g/mol. The normalized spacial score (nSPS) is 11.9. The summed E-state index contributed by atoms with van der Waals surface area (Å²) < 4.78 is 50.0. The largest absolute Gasteiger partial charge is 0.416 e. The SMILES string of the molecule is Cc1cc(C(F)(F)F)c(CN)cc1F. The second-order valence-corrected chi connectivity index (χ2v) is 2.96. The molecular formula is C9H9F4N. The fourth-order valence-electron chi connectivity index (χ4n) is 1.16. The van der Waals surface area contributed by atoms with Gasteiger partial charge in [-0.15, -0.1) is 0 Å². The standard InChI is InChI=1S/C9H9F4N/c1-5-2-7(9(11,12)13)6(4-14)3-8(5)10/h2-3H,4,14H2,1H3. The third-order valence-electron chi connectivity index (χ3n) is 1.91. The number of hydrogen-bond donors (Lipinski definition) is 1. The second-order valence-electron chi connectivity index (χ2n) is 2.96. The summed E-state index contributed by atoms with van der Waals surface area (Å²) in [5, 5.41) is 0. The Kier molecular flexibility index (Phi) is 2.80. The molecule has 0 heterocycles. The van der Waals surface area contributed by atoms with Gasteiger partial charge >= 0.3 is 6.18 Å². The van der Waals surface area contributed by atoms with Crippen LogP contribution in [-0.4, -0.2) is 0 Å². The van der Waals surface area contributed by atoms with Crippen LogP contribution in [0.4, 0.5) is 17.6 Å². The van der Waals surface area contributed by atoms with Gasteiger partial charge in [0.25, 0.3) is 0 Å². The summed E-state index contributed by atoms with van der Waals surface area (Å²) in [4.78, 5) is 0. The van der Waals surface area contributed by atoms with Gasteiger partial charge in [-0.25, -0.2) is 4.39 Å². The third-order valence-corrected chi connectivity index (χ3v) is 1.91. The van der Waals surface area contributed by atoms with E-state index in [0.717, 1.165) is 12.1 Å². The molecule has 0 fully saturated rings. The molecule has 0 atom stereocenters. The molecule has 2 N–H and O–H groups in total. The van der Waals surface area contributed by atoms with Crippen LogP contribution in [0.25, 0.3) is 0 Å². The van der Waals surface area contributed by atoms with E-state index in [1.807, 2.05) is 0 Å². The van der Waals surface area contributed by atoms with E-state index in [1.165, 1.54) is 6.92 Å². The minimum atomic E-state index is -4.48. The van der Waals surface area contributed by atoms with E-state index in [4.69, 9.17) is 5.73 Å². The number of alkyl halides is 3. The molecule has 0 unspecified atom stereocenters. The van der Waals surface area contributed by atoms with E-state index in [9.17, 15) is 17.6 Å². The van der Waals surface area contributed by atoms with Crippen LogP contribution in [0.1, 0.15) is 16.7 Å². The molecule has 1 nitrogen and oxygen atoms in total. The van der Waals surface area contributed by atoms with E-state index >= 15 is 0 Å². The maximum atomic E-state index is 12.9. The van der Waals surface area contributed by atoms with Crippen LogP contribution in [0.15, 0.2) is 12.1 Å². The molecule has 78 valence electrons. The molecule has 0 amide bonds. The van der Waals surface area contributed by atoms with E-state index in [2.05, 4.69) is 0 Å². The van der Waals surface area contributed by atoms with E-state index < -0.39 is 17.6 Å². The predicted octanol–water partition coefficient (Wildman–Crippen LogP) is 2.61. The molecule has 1 aromatic carbocycles. The molecule has 0 aliphatic heterocycles. The first-order chi connectivity index (χ1) is 6.36. The van der Waals surface area contributed by atoms with Gasteiger partial charge in [-0.1, -0.05) is 0 Å². The van der Waals surface area contributed by atoms with Gasteiger partial charge in [0.1, 0.15) is 5.82 Å². The van der Waals surface area contributed by atoms with Crippen LogP contribution in [0.2, 0.25) is 0 Å². The van der Waals surface area contributed by atoms with Gasteiger partial charge in [-0.2, -0.15) is 13.2 Å². The molecule has 0 bridgehead atoms. The van der Waals surface area contributed by atoms with Crippen LogP contribution in [-0.2, 0) is 12.7 Å². The summed E-state index contributed by atoms with van der Waals surface area (Å²) in [6.07, 6.45) is -4.48. The number of aryl methyl sites for hydroxylation is 1. The number of benzene rings is 1. The molecule has 0 spiro atoms. The predicted molar refractivity (Wildman–Crippen MR) is 44.0 cm³/mol. The zero-order chi connectivity index (χ0) is 10.9. The Bertz CT molecular complexity index is 343. The minimum absolute atomic E-state index is 0.0328. The lowest BCUT2D eigenvalue weighted by atomic mass is 10.0. The maximum absolute atomic E-state index is 12.9. The van der Waals surface area contributed by atoms with Gasteiger partial charge in [0.2, 0.25) is 0 Å². The van der Waals surface area contributed by atoms with Gasteiger partial charge in [0.05, 0.1) is 5.56 Å². The molecule has 1 aromatic rings. The average Bonchev–Trinajstić information content (AvgIpc) is 2.07. The van der Waals surface area contributed by atoms with Crippen molar-refractivity contribution < 1.29 is 17.6 Å². The first-order valence-electron chi connectivity index (χ1n) is 3.92. The Hall–Kier alpha value is -1.10. The molecule has 0 aromatic heterocycles. The lowest BCUT2D eigenvalue weighted by Gasteiger charge is -2.12.